The van der Waals surface area contributed by atoms with Gasteiger partial charge in [0.25, 0.3) is 0 Å². The van der Waals surface area contributed by atoms with Gasteiger partial charge in [0.1, 0.15) is 11.9 Å². The Hall–Kier alpha value is -2.40. The molecular weight excluding hydrogens is 338 g/mol. The third kappa shape index (κ3) is 3.37. The van der Waals surface area contributed by atoms with E-state index >= 15 is 0 Å². The van der Waals surface area contributed by atoms with Crippen molar-refractivity contribution in [3.8, 4) is 17.0 Å². The van der Waals surface area contributed by atoms with Crippen molar-refractivity contribution in [3.05, 3.63) is 53.0 Å². The number of nitrogens with zero attached hydrogens (tertiary/aromatic N) is 2. The summed E-state index contributed by atoms with van der Waals surface area (Å²) in [6, 6.07) is 3.88. The number of carbonyl (C=O) groups excluding carboxylic acids is 1. The first kappa shape index (κ1) is 16.1. The molecule has 1 atom stereocenters. The second kappa shape index (κ2) is 6.84. The smallest absolute Gasteiger partial charge is 0.247 e. The molecule has 0 saturated heterocycles. The first-order chi connectivity index (χ1) is 12.2. The average Bonchev–Trinajstić information content (AvgIpc) is 3.30. The highest BCUT2D eigenvalue weighted by Crippen LogP contribution is 2.39. The fourth-order valence-electron chi connectivity index (χ4n) is 3.29. The lowest BCUT2D eigenvalue weighted by atomic mass is 10.0. The Morgan fingerprint density at radius 3 is 3.04 bits per heavy atom. The van der Waals surface area contributed by atoms with Crippen LogP contribution in [0, 0.1) is 0 Å². The molecule has 6 heteroatoms. The van der Waals surface area contributed by atoms with Gasteiger partial charge in [0.05, 0.1) is 23.5 Å². The molecule has 1 aromatic carbocycles. The van der Waals surface area contributed by atoms with Gasteiger partial charge in [0.2, 0.25) is 5.91 Å². The van der Waals surface area contributed by atoms with Crippen LogP contribution in [0.25, 0.3) is 11.3 Å². The first-order valence-corrected chi connectivity index (χ1v) is 8.81. The molecule has 1 amide bonds. The van der Waals surface area contributed by atoms with Gasteiger partial charge in [0.15, 0.2) is 0 Å². The highest BCUT2D eigenvalue weighted by molar-refractivity contribution is 6.32. The largest absolute Gasteiger partial charge is 0.486 e. The van der Waals surface area contributed by atoms with Crippen molar-refractivity contribution < 1.29 is 9.53 Å². The standard InChI is InChI=1S/C19H18ClN3O2/c20-16-9-13(17-11-21-5-6-22-17)7-14-8-15(25-18(14)16)10-23-19(24)12-3-1-2-4-12/h3,5-7,9,11,15H,1-2,4,8,10H2,(H,23,24)/t15-/m1/s1. The van der Waals surface area contributed by atoms with Crippen molar-refractivity contribution >= 4 is 17.5 Å². The molecule has 25 heavy (non-hydrogen) atoms. The maximum atomic E-state index is 12.1. The van der Waals surface area contributed by atoms with Gasteiger partial charge < -0.3 is 10.1 Å². The van der Waals surface area contributed by atoms with E-state index in [1.165, 1.54) is 0 Å². The lowest BCUT2D eigenvalue weighted by molar-refractivity contribution is -0.117. The number of halogens is 1. The molecule has 0 spiro atoms. The number of allylic oxidation sites excluding steroid dienone is 1. The second-order valence-corrected chi connectivity index (χ2v) is 6.72. The summed E-state index contributed by atoms with van der Waals surface area (Å²) < 4.78 is 5.94. The Bertz CT molecular complexity index is 836. The van der Waals surface area contributed by atoms with E-state index < -0.39 is 0 Å². The zero-order valence-electron chi connectivity index (χ0n) is 13.7. The summed E-state index contributed by atoms with van der Waals surface area (Å²) in [5.74, 6) is 0.719. The normalized spacial score (nSPS) is 18.4. The van der Waals surface area contributed by atoms with Gasteiger partial charge >= 0.3 is 0 Å². The predicted octanol–water partition coefficient (Wildman–Crippen LogP) is 3.33. The molecule has 128 valence electrons. The van der Waals surface area contributed by atoms with Crippen LogP contribution in [0.15, 0.2) is 42.4 Å². The molecule has 5 nitrogen and oxygen atoms in total. The van der Waals surface area contributed by atoms with Crippen LogP contribution in [0.1, 0.15) is 24.8 Å². The fraction of sp³-hybridized carbons (Fsp3) is 0.316. The van der Waals surface area contributed by atoms with Gasteiger partial charge in [0, 0.05) is 35.5 Å². The van der Waals surface area contributed by atoms with Crippen molar-refractivity contribution in [1.82, 2.24) is 15.3 Å². The number of aromatic nitrogens is 2. The number of ether oxygens (including phenoxy) is 1. The maximum absolute atomic E-state index is 12.1. The van der Waals surface area contributed by atoms with Crippen LogP contribution in [0.2, 0.25) is 5.02 Å². The summed E-state index contributed by atoms with van der Waals surface area (Å²) in [7, 11) is 0. The molecule has 0 unspecified atom stereocenters. The molecule has 0 bridgehead atoms. The average molecular weight is 356 g/mol. The maximum Gasteiger partial charge on any atom is 0.247 e. The SMILES string of the molecule is O=C(NC[C@H]1Cc2cc(-c3cnccn3)cc(Cl)c2O1)C1=CCCC1. The number of fused-ring (bicyclic) bond motifs is 1. The lowest BCUT2D eigenvalue weighted by Crippen LogP contribution is -2.35. The minimum Gasteiger partial charge on any atom is -0.486 e. The van der Waals surface area contributed by atoms with Crippen LogP contribution in [-0.4, -0.2) is 28.5 Å². The van der Waals surface area contributed by atoms with Crippen LogP contribution in [0.5, 0.6) is 5.75 Å². The topological polar surface area (TPSA) is 64.1 Å². The molecule has 1 aliphatic carbocycles. The summed E-state index contributed by atoms with van der Waals surface area (Å²) in [4.78, 5) is 20.5. The monoisotopic (exact) mass is 355 g/mol. The van der Waals surface area contributed by atoms with Crippen molar-refractivity contribution in [2.75, 3.05) is 6.54 Å². The van der Waals surface area contributed by atoms with Crippen molar-refractivity contribution in [2.45, 2.75) is 31.8 Å². The number of carbonyl (C=O) groups is 1. The highest BCUT2D eigenvalue weighted by Gasteiger charge is 2.27. The van der Waals surface area contributed by atoms with E-state index in [1.807, 2.05) is 18.2 Å². The van der Waals surface area contributed by atoms with E-state index in [9.17, 15) is 4.79 Å². The lowest BCUT2D eigenvalue weighted by Gasteiger charge is -2.12. The number of benzene rings is 1. The van der Waals surface area contributed by atoms with E-state index in [4.69, 9.17) is 16.3 Å². The molecule has 4 rings (SSSR count). The minimum absolute atomic E-state index is 0.0170. The van der Waals surface area contributed by atoms with Gasteiger partial charge in [-0.1, -0.05) is 17.7 Å². The third-order valence-electron chi connectivity index (χ3n) is 4.53. The zero-order valence-corrected chi connectivity index (χ0v) is 14.4. The Morgan fingerprint density at radius 2 is 2.28 bits per heavy atom. The molecular formula is C19H18ClN3O2. The summed E-state index contributed by atoms with van der Waals surface area (Å²) in [6.07, 6.45) is 10.6. The van der Waals surface area contributed by atoms with Gasteiger partial charge in [-0.15, -0.1) is 0 Å². The van der Waals surface area contributed by atoms with Crippen molar-refractivity contribution in [2.24, 2.45) is 0 Å². The van der Waals surface area contributed by atoms with Gasteiger partial charge in [-0.25, -0.2) is 0 Å². The van der Waals surface area contributed by atoms with Crippen LogP contribution in [0.3, 0.4) is 0 Å². The number of amides is 1. The first-order valence-electron chi connectivity index (χ1n) is 8.43. The van der Waals surface area contributed by atoms with Gasteiger partial charge in [-0.05, 0) is 31.4 Å². The number of hydrogen-bond donors (Lipinski definition) is 1. The van der Waals surface area contributed by atoms with Crippen LogP contribution < -0.4 is 10.1 Å². The molecule has 2 aromatic rings. The molecule has 1 N–H and O–H groups in total. The highest BCUT2D eigenvalue weighted by atomic mass is 35.5. The van der Waals surface area contributed by atoms with E-state index in [2.05, 4.69) is 15.3 Å². The van der Waals surface area contributed by atoms with Gasteiger partial charge in [-0.2, -0.15) is 0 Å². The van der Waals surface area contributed by atoms with Gasteiger partial charge in [-0.3, -0.25) is 14.8 Å². The van der Waals surface area contributed by atoms with E-state index in [1.54, 1.807) is 18.6 Å². The number of hydrogen-bond acceptors (Lipinski definition) is 4. The van der Waals surface area contributed by atoms with Crippen molar-refractivity contribution in [3.63, 3.8) is 0 Å². The van der Waals surface area contributed by atoms with Crippen LogP contribution in [0.4, 0.5) is 0 Å². The van der Waals surface area contributed by atoms with Crippen LogP contribution >= 0.6 is 11.6 Å². The van der Waals surface area contributed by atoms with Crippen molar-refractivity contribution in [1.29, 1.82) is 0 Å². The molecule has 0 saturated carbocycles. The fourth-order valence-corrected chi connectivity index (χ4v) is 3.58. The van der Waals surface area contributed by atoms with E-state index in [0.29, 0.717) is 23.7 Å². The summed E-state index contributed by atoms with van der Waals surface area (Å²) >= 11 is 6.39. The molecule has 2 aliphatic rings. The minimum atomic E-state index is -0.101. The quantitative estimate of drug-likeness (QED) is 0.913. The molecule has 0 radical (unpaired) electrons. The third-order valence-corrected chi connectivity index (χ3v) is 4.82. The second-order valence-electron chi connectivity index (χ2n) is 6.31. The molecule has 1 aliphatic heterocycles. The summed E-state index contributed by atoms with van der Waals surface area (Å²) in [5, 5.41) is 3.53. The van der Waals surface area contributed by atoms with E-state index in [-0.39, 0.29) is 12.0 Å². The summed E-state index contributed by atoms with van der Waals surface area (Å²) in [6.45, 7) is 0.474. The number of rotatable bonds is 4. The molecule has 2 heterocycles. The summed E-state index contributed by atoms with van der Waals surface area (Å²) in [5.41, 5.74) is 3.62. The Labute approximate surface area is 151 Å². The predicted molar refractivity (Wildman–Crippen MR) is 95.5 cm³/mol. The van der Waals surface area contributed by atoms with E-state index in [0.717, 1.165) is 41.7 Å². The Kier molecular flexibility index (Phi) is 4.40. The molecule has 0 fully saturated rings. The number of nitrogens with one attached hydrogen (secondary N) is 1. The zero-order chi connectivity index (χ0) is 17.2. The van der Waals surface area contributed by atoms with Crippen LogP contribution in [-0.2, 0) is 11.2 Å². The Balaban J connectivity index is 1.45. The Morgan fingerprint density at radius 1 is 1.36 bits per heavy atom. The molecule has 1 aromatic heterocycles.